The first-order valence-corrected chi connectivity index (χ1v) is 5.15. The summed E-state index contributed by atoms with van der Waals surface area (Å²) < 4.78 is 12.9. The van der Waals surface area contributed by atoms with E-state index < -0.39 is 5.82 Å². The Kier molecular flexibility index (Phi) is 4.49. The van der Waals surface area contributed by atoms with Crippen LogP contribution in [0.1, 0.15) is 25.3 Å². The first-order valence-electron chi connectivity index (χ1n) is 5.15. The van der Waals surface area contributed by atoms with Crippen LogP contribution in [0.4, 0.5) is 10.2 Å². The zero-order valence-electron chi connectivity index (χ0n) is 9.20. The van der Waals surface area contributed by atoms with Crippen molar-refractivity contribution in [3.8, 4) is 0 Å². The van der Waals surface area contributed by atoms with Crippen molar-refractivity contribution >= 4 is 5.82 Å². The van der Waals surface area contributed by atoms with Gasteiger partial charge in [0.1, 0.15) is 11.6 Å². The van der Waals surface area contributed by atoms with Gasteiger partial charge in [-0.3, -0.25) is 0 Å². The average Bonchev–Trinajstić information content (AvgIpc) is 2.25. The van der Waals surface area contributed by atoms with Crippen molar-refractivity contribution in [3.05, 3.63) is 23.6 Å². The van der Waals surface area contributed by atoms with Gasteiger partial charge >= 0.3 is 0 Å². The monoisotopic (exact) mass is 212 g/mol. The maximum Gasteiger partial charge on any atom is 0.142 e. The minimum Gasteiger partial charge on any atom is -0.392 e. The molecule has 0 amide bonds. The van der Waals surface area contributed by atoms with Crippen molar-refractivity contribution in [1.29, 1.82) is 0 Å². The third-order valence-corrected chi connectivity index (χ3v) is 2.29. The van der Waals surface area contributed by atoms with Crippen molar-refractivity contribution in [2.75, 3.05) is 18.5 Å². The Bertz CT molecular complexity index is 317. The van der Waals surface area contributed by atoms with Crippen LogP contribution in [-0.4, -0.2) is 23.7 Å². The van der Waals surface area contributed by atoms with E-state index in [1.807, 2.05) is 11.9 Å². The topological polar surface area (TPSA) is 36.4 Å². The third-order valence-electron chi connectivity index (χ3n) is 2.29. The van der Waals surface area contributed by atoms with Crippen molar-refractivity contribution in [3.63, 3.8) is 0 Å². The van der Waals surface area contributed by atoms with Crippen molar-refractivity contribution < 1.29 is 9.50 Å². The molecule has 1 rings (SSSR count). The summed E-state index contributed by atoms with van der Waals surface area (Å²) in [4.78, 5) is 5.93. The second-order valence-electron chi connectivity index (χ2n) is 3.57. The number of anilines is 1. The zero-order chi connectivity index (χ0) is 11.3. The molecule has 0 aliphatic heterocycles. The zero-order valence-corrected chi connectivity index (χ0v) is 9.20. The van der Waals surface area contributed by atoms with Gasteiger partial charge in [0.25, 0.3) is 0 Å². The van der Waals surface area contributed by atoms with Gasteiger partial charge in [0, 0.05) is 19.2 Å². The number of hydrogen-bond donors (Lipinski definition) is 1. The van der Waals surface area contributed by atoms with E-state index in [0.717, 1.165) is 19.4 Å². The van der Waals surface area contributed by atoms with E-state index in [1.165, 1.54) is 12.3 Å². The van der Waals surface area contributed by atoms with Gasteiger partial charge in [-0.2, -0.15) is 0 Å². The molecule has 0 radical (unpaired) electrons. The molecule has 3 nitrogen and oxygen atoms in total. The van der Waals surface area contributed by atoms with Gasteiger partial charge in [0.15, 0.2) is 0 Å². The largest absolute Gasteiger partial charge is 0.392 e. The molecular weight excluding hydrogens is 195 g/mol. The Morgan fingerprint density at radius 2 is 2.27 bits per heavy atom. The van der Waals surface area contributed by atoms with Crippen molar-refractivity contribution in [2.45, 2.75) is 26.4 Å². The Balaban J connectivity index is 2.82. The molecule has 0 atom stereocenters. The van der Waals surface area contributed by atoms with Gasteiger partial charge in [-0.1, -0.05) is 13.3 Å². The molecule has 1 aromatic rings. The fourth-order valence-electron chi connectivity index (χ4n) is 1.44. The molecule has 0 spiro atoms. The number of aliphatic hydroxyl groups is 1. The van der Waals surface area contributed by atoms with Crippen LogP contribution < -0.4 is 4.90 Å². The second kappa shape index (κ2) is 5.66. The lowest BCUT2D eigenvalue weighted by Gasteiger charge is -2.20. The minimum atomic E-state index is -0.410. The summed E-state index contributed by atoms with van der Waals surface area (Å²) in [5, 5.41) is 9.08. The summed E-state index contributed by atoms with van der Waals surface area (Å²) in [5.41, 5.74) is 0.536. The predicted molar refractivity (Wildman–Crippen MR) is 58.3 cm³/mol. The summed E-state index contributed by atoms with van der Waals surface area (Å²) in [6.07, 6.45) is 3.33. The predicted octanol–water partition coefficient (Wildman–Crippen LogP) is 1.95. The molecule has 0 saturated carbocycles. The molecule has 0 unspecified atom stereocenters. The first-order chi connectivity index (χ1) is 7.19. The molecule has 0 aromatic carbocycles. The van der Waals surface area contributed by atoms with Crippen LogP contribution in [0.5, 0.6) is 0 Å². The highest BCUT2D eigenvalue weighted by Crippen LogP contribution is 2.17. The van der Waals surface area contributed by atoms with Gasteiger partial charge in [-0.05, 0) is 12.5 Å². The lowest BCUT2D eigenvalue weighted by molar-refractivity contribution is 0.281. The van der Waals surface area contributed by atoms with Crippen LogP contribution in [0.25, 0.3) is 0 Å². The van der Waals surface area contributed by atoms with E-state index in [9.17, 15) is 4.39 Å². The molecule has 1 heterocycles. The van der Waals surface area contributed by atoms with E-state index >= 15 is 0 Å². The average molecular weight is 212 g/mol. The number of nitrogens with zero attached hydrogens (tertiary/aromatic N) is 2. The standard InChI is InChI=1S/C11H17FN2O/c1-3-4-5-14(2)11-9(8-15)6-10(12)7-13-11/h6-7,15H,3-5,8H2,1-2H3. The molecule has 1 aromatic heterocycles. The molecule has 0 aliphatic rings. The summed E-state index contributed by atoms with van der Waals surface area (Å²) in [5.74, 6) is 0.249. The molecular formula is C11H17FN2O. The van der Waals surface area contributed by atoms with E-state index in [-0.39, 0.29) is 6.61 Å². The number of aliphatic hydroxyl groups excluding tert-OH is 1. The SMILES string of the molecule is CCCCN(C)c1ncc(F)cc1CO. The smallest absolute Gasteiger partial charge is 0.142 e. The highest BCUT2D eigenvalue weighted by molar-refractivity contribution is 5.45. The number of unbranched alkanes of at least 4 members (excludes halogenated alkanes) is 1. The van der Waals surface area contributed by atoms with Gasteiger partial charge in [0.2, 0.25) is 0 Å². The number of halogens is 1. The highest BCUT2D eigenvalue weighted by Gasteiger charge is 2.09. The van der Waals surface area contributed by atoms with Gasteiger partial charge < -0.3 is 10.0 Å². The number of aromatic nitrogens is 1. The molecule has 0 bridgehead atoms. The normalized spacial score (nSPS) is 10.4. The summed E-state index contributed by atoms with van der Waals surface area (Å²) >= 11 is 0. The summed E-state index contributed by atoms with van der Waals surface area (Å²) in [6.45, 7) is 2.79. The third kappa shape index (κ3) is 3.16. The number of rotatable bonds is 5. The molecule has 0 saturated heterocycles. The molecule has 0 fully saturated rings. The maximum absolute atomic E-state index is 12.9. The second-order valence-corrected chi connectivity index (χ2v) is 3.57. The molecule has 0 aliphatic carbocycles. The maximum atomic E-state index is 12.9. The van der Waals surface area contributed by atoms with Crippen molar-refractivity contribution in [2.24, 2.45) is 0 Å². The lowest BCUT2D eigenvalue weighted by atomic mass is 10.2. The van der Waals surface area contributed by atoms with Crippen molar-refractivity contribution in [1.82, 2.24) is 4.98 Å². The van der Waals surface area contributed by atoms with Gasteiger partial charge in [-0.25, -0.2) is 9.37 Å². The lowest BCUT2D eigenvalue weighted by Crippen LogP contribution is -2.21. The minimum absolute atomic E-state index is 0.184. The molecule has 1 N–H and O–H groups in total. The Morgan fingerprint density at radius 1 is 1.53 bits per heavy atom. The molecule has 4 heteroatoms. The van der Waals surface area contributed by atoms with Crippen LogP contribution in [0, 0.1) is 5.82 Å². The van der Waals surface area contributed by atoms with Crippen LogP contribution in [0.2, 0.25) is 0 Å². The summed E-state index contributed by atoms with van der Waals surface area (Å²) in [7, 11) is 1.90. The molecule has 15 heavy (non-hydrogen) atoms. The van der Waals surface area contributed by atoms with Gasteiger partial charge in [-0.15, -0.1) is 0 Å². The first kappa shape index (κ1) is 11.9. The highest BCUT2D eigenvalue weighted by atomic mass is 19.1. The molecule has 84 valence electrons. The van der Waals surface area contributed by atoms with E-state index in [1.54, 1.807) is 0 Å². The van der Waals surface area contributed by atoms with Crippen LogP contribution in [-0.2, 0) is 6.61 Å². The Labute approximate surface area is 89.6 Å². The summed E-state index contributed by atoms with van der Waals surface area (Å²) in [6, 6.07) is 1.32. The van der Waals surface area contributed by atoms with E-state index in [2.05, 4.69) is 11.9 Å². The van der Waals surface area contributed by atoms with Crippen LogP contribution in [0.15, 0.2) is 12.3 Å². The van der Waals surface area contributed by atoms with E-state index in [0.29, 0.717) is 11.4 Å². The number of pyridine rings is 1. The Morgan fingerprint density at radius 3 is 2.87 bits per heavy atom. The van der Waals surface area contributed by atoms with E-state index in [4.69, 9.17) is 5.11 Å². The fraction of sp³-hybridized carbons (Fsp3) is 0.545. The van der Waals surface area contributed by atoms with Crippen LogP contribution >= 0.6 is 0 Å². The quantitative estimate of drug-likeness (QED) is 0.810. The number of hydrogen-bond acceptors (Lipinski definition) is 3. The van der Waals surface area contributed by atoms with Crippen LogP contribution in [0.3, 0.4) is 0 Å². The fourth-order valence-corrected chi connectivity index (χ4v) is 1.44. The van der Waals surface area contributed by atoms with Gasteiger partial charge in [0.05, 0.1) is 12.8 Å². The Hall–Kier alpha value is -1.16.